The normalized spacial score (nSPS) is 46.8. The van der Waals surface area contributed by atoms with Crippen molar-refractivity contribution in [2.45, 2.75) is 75.2 Å². The van der Waals surface area contributed by atoms with Crippen LogP contribution in [0.1, 0.15) is 13.8 Å². The maximum absolute atomic E-state index is 11.5. The SMILES string of the molecule is CO[C@@H]1O[C@H](CO)[C@H](O)[C@H](O[C@@H]2O[C@H](C)[C@H](O)[C@H](O)[C@H]2O)[C@H]1NC(C)=O. The molecule has 0 bridgehead atoms. The van der Waals surface area contributed by atoms with Crippen molar-refractivity contribution < 1.29 is 49.3 Å². The molecule has 0 aromatic heterocycles. The summed E-state index contributed by atoms with van der Waals surface area (Å²) in [5.41, 5.74) is 0. The van der Waals surface area contributed by atoms with Crippen LogP contribution in [-0.2, 0) is 23.7 Å². The quantitative estimate of drug-likeness (QED) is 0.280. The predicted octanol–water partition coefficient (Wildman–Crippen LogP) is -3.57. The van der Waals surface area contributed by atoms with Crippen LogP contribution in [0, 0.1) is 0 Å². The van der Waals surface area contributed by atoms with E-state index in [1.165, 1.54) is 21.0 Å². The Morgan fingerprint density at radius 1 is 1.04 bits per heavy atom. The van der Waals surface area contributed by atoms with E-state index in [0.717, 1.165) is 0 Å². The highest BCUT2D eigenvalue weighted by Gasteiger charge is 2.50. The van der Waals surface area contributed by atoms with Gasteiger partial charge in [-0.15, -0.1) is 0 Å². The summed E-state index contributed by atoms with van der Waals surface area (Å²) in [5, 5.41) is 52.2. The van der Waals surface area contributed by atoms with Gasteiger partial charge < -0.3 is 49.8 Å². The van der Waals surface area contributed by atoms with E-state index in [0.29, 0.717) is 0 Å². The molecule has 2 aliphatic rings. The van der Waals surface area contributed by atoms with E-state index in [1.54, 1.807) is 0 Å². The van der Waals surface area contributed by atoms with Gasteiger partial charge >= 0.3 is 0 Å². The van der Waals surface area contributed by atoms with Crippen LogP contribution >= 0.6 is 0 Å². The van der Waals surface area contributed by atoms with Gasteiger partial charge in [0.25, 0.3) is 0 Å². The minimum absolute atomic E-state index is 0.446. The van der Waals surface area contributed by atoms with Gasteiger partial charge in [-0.2, -0.15) is 0 Å². The van der Waals surface area contributed by atoms with Crippen molar-refractivity contribution in [1.29, 1.82) is 0 Å². The Hall–Kier alpha value is -0.890. The molecule has 2 aliphatic heterocycles. The third-order valence-electron chi connectivity index (χ3n) is 4.56. The number of nitrogens with one attached hydrogen (secondary N) is 1. The highest BCUT2D eigenvalue weighted by molar-refractivity contribution is 5.73. The van der Waals surface area contributed by atoms with E-state index >= 15 is 0 Å². The van der Waals surface area contributed by atoms with Gasteiger partial charge in [0.05, 0.1) is 12.7 Å². The lowest BCUT2D eigenvalue weighted by Crippen LogP contribution is -2.67. The Morgan fingerprint density at radius 3 is 2.23 bits per heavy atom. The summed E-state index contributed by atoms with van der Waals surface area (Å²) in [4.78, 5) is 11.5. The highest BCUT2D eigenvalue weighted by atomic mass is 16.7. The first kappa shape index (κ1) is 21.4. The minimum Gasteiger partial charge on any atom is -0.394 e. The Bertz CT molecular complexity index is 479. The number of carbonyl (C=O) groups is 1. The van der Waals surface area contributed by atoms with Crippen molar-refractivity contribution in [2.24, 2.45) is 0 Å². The van der Waals surface area contributed by atoms with Crippen molar-refractivity contribution in [3.05, 3.63) is 0 Å². The smallest absolute Gasteiger partial charge is 0.217 e. The Morgan fingerprint density at radius 2 is 1.69 bits per heavy atom. The number of ether oxygens (including phenoxy) is 4. The molecular formula is C15H27NO10. The number of methoxy groups -OCH3 is 1. The fraction of sp³-hybridized carbons (Fsp3) is 0.933. The molecule has 0 aliphatic carbocycles. The maximum Gasteiger partial charge on any atom is 0.217 e. The summed E-state index contributed by atoms with van der Waals surface area (Å²) in [7, 11) is 1.32. The van der Waals surface area contributed by atoms with E-state index in [-0.39, 0.29) is 0 Å². The average Bonchev–Trinajstić information content (AvgIpc) is 2.60. The molecule has 2 saturated heterocycles. The van der Waals surface area contributed by atoms with Crippen molar-refractivity contribution in [3.8, 4) is 0 Å². The molecule has 11 nitrogen and oxygen atoms in total. The van der Waals surface area contributed by atoms with Crippen LogP contribution in [0.5, 0.6) is 0 Å². The molecular weight excluding hydrogens is 354 g/mol. The lowest BCUT2D eigenvalue weighted by molar-refractivity contribution is -0.339. The summed E-state index contributed by atoms with van der Waals surface area (Å²) >= 11 is 0. The van der Waals surface area contributed by atoms with Crippen LogP contribution < -0.4 is 5.32 Å². The fourth-order valence-corrected chi connectivity index (χ4v) is 3.10. The van der Waals surface area contributed by atoms with Crippen LogP contribution in [0.3, 0.4) is 0 Å². The average molecular weight is 381 g/mol. The van der Waals surface area contributed by atoms with Gasteiger partial charge in [-0.05, 0) is 6.92 Å². The van der Waals surface area contributed by atoms with E-state index in [9.17, 15) is 30.3 Å². The number of amides is 1. The lowest BCUT2D eigenvalue weighted by Gasteiger charge is -2.47. The van der Waals surface area contributed by atoms with Gasteiger partial charge in [0, 0.05) is 14.0 Å². The van der Waals surface area contributed by atoms with Gasteiger partial charge in [0.2, 0.25) is 5.91 Å². The van der Waals surface area contributed by atoms with Gasteiger partial charge in [-0.1, -0.05) is 0 Å². The molecule has 11 heteroatoms. The second kappa shape index (κ2) is 8.87. The molecule has 0 aromatic rings. The Labute approximate surface area is 150 Å². The fourth-order valence-electron chi connectivity index (χ4n) is 3.10. The second-order valence-corrected chi connectivity index (χ2v) is 6.46. The van der Waals surface area contributed by atoms with Crippen molar-refractivity contribution in [2.75, 3.05) is 13.7 Å². The van der Waals surface area contributed by atoms with E-state index in [1.807, 2.05) is 0 Å². The van der Waals surface area contributed by atoms with Crippen LogP contribution in [0.25, 0.3) is 0 Å². The summed E-state index contributed by atoms with van der Waals surface area (Å²) in [6.45, 7) is 2.19. The van der Waals surface area contributed by atoms with Gasteiger partial charge in [0.1, 0.15) is 42.7 Å². The molecule has 10 atom stereocenters. The van der Waals surface area contributed by atoms with E-state index < -0.39 is 73.9 Å². The molecule has 0 unspecified atom stereocenters. The van der Waals surface area contributed by atoms with Gasteiger partial charge in [-0.25, -0.2) is 0 Å². The molecule has 2 fully saturated rings. The summed E-state index contributed by atoms with van der Waals surface area (Å²) in [6.07, 6.45) is -11.4. The summed E-state index contributed by atoms with van der Waals surface area (Å²) < 4.78 is 21.6. The van der Waals surface area contributed by atoms with Crippen molar-refractivity contribution in [3.63, 3.8) is 0 Å². The van der Waals surface area contributed by atoms with Gasteiger partial charge in [-0.3, -0.25) is 4.79 Å². The van der Waals surface area contributed by atoms with Gasteiger partial charge in [0.15, 0.2) is 12.6 Å². The second-order valence-electron chi connectivity index (χ2n) is 6.46. The third kappa shape index (κ3) is 4.32. The van der Waals surface area contributed by atoms with E-state index in [4.69, 9.17) is 18.9 Å². The number of aliphatic hydroxyl groups excluding tert-OH is 5. The summed E-state index contributed by atoms with van der Waals surface area (Å²) in [5.74, 6) is -0.446. The first-order chi connectivity index (χ1) is 12.2. The molecule has 26 heavy (non-hydrogen) atoms. The number of aliphatic hydroxyl groups is 5. The molecule has 0 radical (unpaired) electrons. The Kier molecular flexibility index (Phi) is 7.30. The van der Waals surface area contributed by atoms with Crippen LogP contribution in [0.15, 0.2) is 0 Å². The summed E-state index contributed by atoms with van der Waals surface area (Å²) in [6, 6.07) is -0.981. The number of hydrogen-bond donors (Lipinski definition) is 6. The van der Waals surface area contributed by atoms with Crippen LogP contribution in [-0.4, -0.2) is 107 Å². The standard InChI is InChI=1S/C15H27NO10/c1-5-9(19)11(21)12(22)15(24-5)26-13-8(16-6(2)18)14(23-3)25-7(4-17)10(13)20/h5,7-15,17,19-22H,4H2,1-3H3,(H,16,18)/t5-,7-,8-,9+,10+,11+,12-,13-,14-,15+/m1/s1. The number of hydrogen-bond acceptors (Lipinski definition) is 10. The van der Waals surface area contributed by atoms with Crippen LogP contribution in [0.2, 0.25) is 0 Å². The molecule has 0 saturated carbocycles. The zero-order valence-electron chi connectivity index (χ0n) is 14.8. The molecule has 2 heterocycles. The van der Waals surface area contributed by atoms with Crippen LogP contribution in [0.4, 0.5) is 0 Å². The molecule has 152 valence electrons. The van der Waals surface area contributed by atoms with Crippen molar-refractivity contribution >= 4 is 5.91 Å². The Balaban J connectivity index is 2.23. The zero-order chi connectivity index (χ0) is 19.6. The first-order valence-corrected chi connectivity index (χ1v) is 8.30. The topological polar surface area (TPSA) is 167 Å². The minimum atomic E-state index is -1.59. The number of carbonyl (C=O) groups excluding carboxylic acids is 1. The third-order valence-corrected chi connectivity index (χ3v) is 4.56. The number of rotatable bonds is 5. The largest absolute Gasteiger partial charge is 0.394 e. The zero-order valence-corrected chi connectivity index (χ0v) is 14.8. The molecule has 2 rings (SSSR count). The molecule has 6 N–H and O–H groups in total. The molecule has 1 amide bonds. The lowest BCUT2D eigenvalue weighted by atomic mass is 9.95. The first-order valence-electron chi connectivity index (χ1n) is 8.30. The molecule has 0 aromatic carbocycles. The monoisotopic (exact) mass is 381 g/mol. The highest BCUT2D eigenvalue weighted by Crippen LogP contribution is 2.29. The molecule has 0 spiro atoms. The predicted molar refractivity (Wildman–Crippen MR) is 83.6 cm³/mol. The van der Waals surface area contributed by atoms with E-state index in [2.05, 4.69) is 5.32 Å². The van der Waals surface area contributed by atoms with Crippen molar-refractivity contribution in [1.82, 2.24) is 5.32 Å². The maximum atomic E-state index is 11.5.